The van der Waals surface area contributed by atoms with Gasteiger partial charge in [0, 0.05) is 11.6 Å². The van der Waals surface area contributed by atoms with E-state index in [4.69, 9.17) is 9.47 Å². The zero-order valence-corrected chi connectivity index (χ0v) is 16.7. The molecular formula is C22H22N2O6. The van der Waals surface area contributed by atoms with E-state index >= 15 is 0 Å². The van der Waals surface area contributed by atoms with Gasteiger partial charge in [0.25, 0.3) is 0 Å². The van der Waals surface area contributed by atoms with Gasteiger partial charge < -0.3 is 23.5 Å². The lowest BCUT2D eigenvalue weighted by Gasteiger charge is -2.20. The van der Waals surface area contributed by atoms with Crippen molar-refractivity contribution in [1.82, 2.24) is 4.57 Å². The molecule has 2 aromatic carbocycles. The van der Waals surface area contributed by atoms with Gasteiger partial charge in [-0.25, -0.2) is 9.59 Å². The Morgan fingerprint density at radius 2 is 1.73 bits per heavy atom. The second kappa shape index (κ2) is 10.1. The van der Waals surface area contributed by atoms with Crippen LogP contribution in [0.25, 0.3) is 10.8 Å². The van der Waals surface area contributed by atoms with Gasteiger partial charge in [0.05, 0.1) is 20.8 Å². The van der Waals surface area contributed by atoms with E-state index in [2.05, 4.69) is 14.5 Å². The van der Waals surface area contributed by atoms with E-state index < -0.39 is 18.4 Å². The van der Waals surface area contributed by atoms with Crippen LogP contribution < -0.4 is 10.2 Å². The molecule has 156 valence electrons. The van der Waals surface area contributed by atoms with Crippen LogP contribution in [0.1, 0.15) is 0 Å². The smallest absolute Gasteiger partial charge is 0.489 e. The highest BCUT2D eigenvalue weighted by atomic mass is 16.7. The van der Waals surface area contributed by atoms with Gasteiger partial charge in [-0.2, -0.15) is 4.99 Å². The Bertz CT molecular complexity index is 1090. The van der Waals surface area contributed by atoms with E-state index in [0.29, 0.717) is 11.2 Å². The fourth-order valence-corrected chi connectivity index (χ4v) is 2.89. The van der Waals surface area contributed by atoms with Gasteiger partial charge in [0.1, 0.15) is 17.8 Å². The maximum absolute atomic E-state index is 11.7. The van der Waals surface area contributed by atoms with Gasteiger partial charge in [0.2, 0.25) is 0 Å². The summed E-state index contributed by atoms with van der Waals surface area (Å²) in [5.74, 6) is 0.670. The number of carbonyl (C=O) groups excluding carboxylic acids is 2. The fourth-order valence-electron chi connectivity index (χ4n) is 2.89. The molecule has 1 heterocycles. The van der Waals surface area contributed by atoms with Crippen molar-refractivity contribution in [1.29, 1.82) is 0 Å². The minimum absolute atomic E-state index is 0.0721. The third-order valence-corrected chi connectivity index (χ3v) is 4.30. The van der Waals surface area contributed by atoms with Gasteiger partial charge in [-0.15, -0.1) is 0 Å². The van der Waals surface area contributed by atoms with E-state index in [1.165, 1.54) is 14.2 Å². The quantitative estimate of drug-likeness (QED) is 0.578. The molecule has 0 aliphatic rings. The number of methoxy groups -OCH3 is 2. The Hall–Kier alpha value is -3.81. The molecule has 1 unspecified atom stereocenters. The zero-order valence-electron chi connectivity index (χ0n) is 16.7. The van der Waals surface area contributed by atoms with E-state index in [1.54, 1.807) is 29.0 Å². The number of carbonyl (C=O) groups is 2. The summed E-state index contributed by atoms with van der Waals surface area (Å²) in [6.07, 6.45) is -0.542. The number of rotatable bonds is 6. The van der Waals surface area contributed by atoms with Crippen LogP contribution >= 0.6 is 0 Å². The van der Waals surface area contributed by atoms with Crippen molar-refractivity contribution < 1.29 is 28.5 Å². The van der Waals surface area contributed by atoms with E-state index in [9.17, 15) is 9.59 Å². The Labute approximate surface area is 173 Å². The molecule has 1 aromatic heterocycles. The van der Waals surface area contributed by atoms with Crippen molar-refractivity contribution in [3.05, 3.63) is 72.3 Å². The van der Waals surface area contributed by atoms with Gasteiger partial charge >= 0.3 is 12.2 Å². The molecule has 30 heavy (non-hydrogen) atoms. The van der Waals surface area contributed by atoms with Gasteiger partial charge in [-0.3, -0.25) is 0 Å². The van der Waals surface area contributed by atoms with Crippen LogP contribution in [0.3, 0.4) is 0 Å². The Morgan fingerprint density at radius 1 is 0.967 bits per heavy atom. The Balaban J connectivity index is 1.83. The molecule has 1 atom stereocenters. The number of nitrogens with zero attached hydrogens (tertiary/aromatic N) is 2. The van der Waals surface area contributed by atoms with Crippen LogP contribution in [0, 0.1) is 0 Å². The fraction of sp³-hybridized carbons (Fsp3) is 0.227. The van der Waals surface area contributed by atoms with E-state index in [-0.39, 0.29) is 13.2 Å². The zero-order chi connectivity index (χ0) is 21.3. The van der Waals surface area contributed by atoms with Gasteiger partial charge in [-0.05, 0) is 23.6 Å². The Morgan fingerprint density at radius 3 is 2.53 bits per heavy atom. The number of ether oxygens (including phenoxy) is 4. The summed E-state index contributed by atoms with van der Waals surface area (Å²) >= 11 is 0. The predicted molar refractivity (Wildman–Crippen MR) is 109 cm³/mol. The molecule has 0 aliphatic carbocycles. The van der Waals surface area contributed by atoms with E-state index in [0.717, 1.165) is 10.8 Å². The molecule has 8 nitrogen and oxygen atoms in total. The lowest BCUT2D eigenvalue weighted by molar-refractivity contribution is 0.0109. The molecule has 0 fully saturated rings. The molecule has 0 spiro atoms. The van der Waals surface area contributed by atoms with Crippen LogP contribution in [0.5, 0.6) is 5.75 Å². The number of aromatic nitrogens is 1. The number of hydrogen-bond donors (Lipinski definition) is 0. The average Bonchev–Trinajstić information content (AvgIpc) is 2.78. The monoisotopic (exact) mass is 410 g/mol. The number of fused-ring (bicyclic) bond motifs is 1. The lowest BCUT2D eigenvalue weighted by Crippen LogP contribution is -2.34. The number of hydrogen-bond acceptors (Lipinski definition) is 6. The summed E-state index contributed by atoms with van der Waals surface area (Å²) in [5.41, 5.74) is 0.355. The normalized spacial score (nSPS) is 12.3. The first-order chi connectivity index (χ1) is 14.6. The van der Waals surface area contributed by atoms with Crippen molar-refractivity contribution >= 4 is 23.0 Å². The standard InChI is InChI=1S/C22H22N2O6/c1-27-21(25)23-20-12-5-6-13-24(20)14-17(30-22(26)28-2)15-29-19-11-7-9-16-8-3-4-10-18(16)19/h3-13,17H,14-15H2,1-2H3. The summed E-state index contributed by atoms with van der Waals surface area (Å²) in [7, 11) is 2.49. The molecule has 0 N–H and O–H groups in total. The highest BCUT2D eigenvalue weighted by Gasteiger charge is 2.18. The molecule has 1 amide bonds. The summed E-state index contributed by atoms with van der Waals surface area (Å²) in [5, 5.41) is 1.99. The van der Waals surface area contributed by atoms with Crippen LogP contribution in [0.4, 0.5) is 9.59 Å². The highest BCUT2D eigenvalue weighted by molar-refractivity contribution is 5.88. The molecule has 0 aliphatic heterocycles. The molecule has 0 saturated heterocycles. The summed E-state index contributed by atoms with van der Waals surface area (Å²) in [6, 6.07) is 18.7. The summed E-state index contributed by atoms with van der Waals surface area (Å²) in [4.78, 5) is 27.2. The summed E-state index contributed by atoms with van der Waals surface area (Å²) in [6.45, 7) is 0.263. The van der Waals surface area contributed by atoms with Crippen molar-refractivity contribution in [2.24, 2.45) is 4.99 Å². The van der Waals surface area contributed by atoms with Gasteiger partial charge in [0.15, 0.2) is 6.10 Å². The second-order valence-corrected chi connectivity index (χ2v) is 6.28. The molecule has 0 saturated carbocycles. The van der Waals surface area contributed by atoms with Crippen molar-refractivity contribution in [3.8, 4) is 5.75 Å². The average molecular weight is 410 g/mol. The molecule has 3 rings (SSSR count). The van der Waals surface area contributed by atoms with Crippen molar-refractivity contribution in [3.63, 3.8) is 0 Å². The molecular weight excluding hydrogens is 388 g/mol. The van der Waals surface area contributed by atoms with Crippen LogP contribution in [-0.2, 0) is 20.8 Å². The van der Waals surface area contributed by atoms with Gasteiger partial charge in [-0.1, -0.05) is 42.5 Å². The minimum Gasteiger partial charge on any atom is -0.489 e. The number of benzene rings is 2. The third kappa shape index (κ3) is 5.38. The van der Waals surface area contributed by atoms with Crippen molar-refractivity contribution in [2.75, 3.05) is 20.8 Å². The highest BCUT2D eigenvalue weighted by Crippen LogP contribution is 2.25. The second-order valence-electron chi connectivity index (χ2n) is 6.28. The topological polar surface area (TPSA) is 88.4 Å². The first-order valence-electron chi connectivity index (χ1n) is 9.24. The minimum atomic E-state index is -0.829. The maximum Gasteiger partial charge on any atom is 0.508 e. The molecule has 0 bridgehead atoms. The lowest BCUT2D eigenvalue weighted by atomic mass is 10.1. The first kappa shape index (κ1) is 20.9. The third-order valence-electron chi connectivity index (χ3n) is 4.30. The Kier molecular flexibility index (Phi) is 7.05. The maximum atomic E-state index is 11.7. The van der Waals surface area contributed by atoms with Crippen LogP contribution in [0.15, 0.2) is 71.9 Å². The van der Waals surface area contributed by atoms with Crippen molar-refractivity contribution in [2.45, 2.75) is 12.6 Å². The van der Waals surface area contributed by atoms with Crippen LogP contribution in [0.2, 0.25) is 0 Å². The number of pyridine rings is 1. The molecule has 0 radical (unpaired) electrons. The summed E-state index contributed by atoms with van der Waals surface area (Å²) < 4.78 is 22.2. The van der Waals surface area contributed by atoms with Crippen LogP contribution in [-0.4, -0.2) is 43.7 Å². The number of amides is 1. The predicted octanol–water partition coefficient (Wildman–Crippen LogP) is 3.54. The SMILES string of the molecule is COC(=O)N=c1ccccn1CC(COc1cccc2ccccc12)OC(=O)OC. The molecule has 8 heteroatoms. The largest absolute Gasteiger partial charge is 0.508 e. The van der Waals surface area contributed by atoms with E-state index in [1.807, 2.05) is 42.5 Å². The first-order valence-corrected chi connectivity index (χ1v) is 9.24. The molecule has 3 aromatic rings.